The van der Waals surface area contributed by atoms with E-state index in [2.05, 4.69) is 0 Å². The molecule has 2 nitrogen and oxygen atoms in total. The van der Waals surface area contributed by atoms with Crippen LogP contribution in [0.1, 0.15) is 13.3 Å². The van der Waals surface area contributed by atoms with Crippen LogP contribution in [0.25, 0.3) is 0 Å². The van der Waals surface area contributed by atoms with Gasteiger partial charge in [-0.15, -0.1) is 0 Å². The summed E-state index contributed by atoms with van der Waals surface area (Å²) in [5.41, 5.74) is 0.421. The lowest BCUT2D eigenvalue weighted by molar-refractivity contribution is 0.419. The minimum Gasteiger partial charge on any atom is -0.423 e. The molecule has 2 N–H and O–H groups in total. The lowest BCUT2D eigenvalue weighted by atomic mass is 9.75. The maximum Gasteiger partial charge on any atom is 0.489 e. The van der Waals surface area contributed by atoms with Gasteiger partial charge in [0.15, 0.2) is 0 Å². The molecule has 0 fully saturated rings. The molecule has 0 aliphatic heterocycles. The summed E-state index contributed by atoms with van der Waals surface area (Å²) in [6.45, 7) is 2.03. The molecule has 1 aliphatic rings. The van der Waals surface area contributed by atoms with E-state index in [9.17, 15) is 0 Å². The lowest BCUT2D eigenvalue weighted by Gasteiger charge is -2.14. The lowest BCUT2D eigenvalue weighted by Crippen LogP contribution is -2.17. The second-order valence-electron chi connectivity index (χ2n) is 2.77. The summed E-state index contributed by atoms with van der Waals surface area (Å²) < 4.78 is 0. The molecule has 0 amide bonds. The van der Waals surface area contributed by atoms with Crippen LogP contribution in [-0.2, 0) is 0 Å². The second-order valence-corrected chi connectivity index (χ2v) is 3.23. The molecule has 4 heteroatoms. The first-order valence-electron chi connectivity index (χ1n) is 3.54. The molecule has 11 heavy (non-hydrogen) atoms. The minimum absolute atomic E-state index is 0.394. The fourth-order valence-corrected chi connectivity index (χ4v) is 1.46. The standard InChI is InChI=1S/C7H10BClO2/c1-5-2-3-6(8(10)11)7(9)4-5/h2-3,5,10-11H,4H2,1H3. The Morgan fingerprint density at radius 2 is 2.27 bits per heavy atom. The van der Waals surface area contributed by atoms with Crippen molar-refractivity contribution in [3.05, 3.63) is 22.7 Å². The van der Waals surface area contributed by atoms with E-state index in [1.807, 2.05) is 13.0 Å². The largest absolute Gasteiger partial charge is 0.489 e. The fourth-order valence-electron chi connectivity index (χ4n) is 1.05. The number of halogens is 1. The molecule has 0 saturated heterocycles. The van der Waals surface area contributed by atoms with E-state index in [-0.39, 0.29) is 0 Å². The predicted molar refractivity (Wildman–Crippen MR) is 46.0 cm³/mol. The molecule has 1 atom stereocenters. The van der Waals surface area contributed by atoms with Crippen LogP contribution in [0, 0.1) is 5.92 Å². The van der Waals surface area contributed by atoms with Crippen molar-refractivity contribution in [2.75, 3.05) is 0 Å². The number of allylic oxidation sites excluding steroid dienone is 4. The first-order chi connectivity index (χ1) is 5.11. The van der Waals surface area contributed by atoms with Crippen molar-refractivity contribution >= 4 is 18.7 Å². The quantitative estimate of drug-likeness (QED) is 0.581. The van der Waals surface area contributed by atoms with Crippen LogP contribution in [0.5, 0.6) is 0 Å². The van der Waals surface area contributed by atoms with Gasteiger partial charge in [-0.25, -0.2) is 0 Å². The van der Waals surface area contributed by atoms with Crippen molar-refractivity contribution in [3.63, 3.8) is 0 Å². The molecule has 0 aromatic heterocycles. The van der Waals surface area contributed by atoms with Crippen LogP contribution in [-0.4, -0.2) is 17.2 Å². The van der Waals surface area contributed by atoms with E-state index < -0.39 is 7.12 Å². The minimum atomic E-state index is -1.44. The van der Waals surface area contributed by atoms with Gasteiger partial charge in [-0.1, -0.05) is 30.7 Å². The van der Waals surface area contributed by atoms with Crippen molar-refractivity contribution in [3.8, 4) is 0 Å². The van der Waals surface area contributed by atoms with Gasteiger partial charge in [0.25, 0.3) is 0 Å². The smallest absolute Gasteiger partial charge is 0.423 e. The van der Waals surface area contributed by atoms with Gasteiger partial charge in [0.1, 0.15) is 0 Å². The second kappa shape index (κ2) is 3.43. The van der Waals surface area contributed by atoms with E-state index in [4.69, 9.17) is 21.6 Å². The molecule has 1 aliphatic carbocycles. The molecule has 0 saturated carbocycles. The average molecular weight is 172 g/mol. The zero-order chi connectivity index (χ0) is 8.43. The van der Waals surface area contributed by atoms with Gasteiger partial charge >= 0.3 is 7.12 Å². The van der Waals surface area contributed by atoms with Crippen LogP contribution in [0.4, 0.5) is 0 Å². The van der Waals surface area contributed by atoms with E-state index in [0.29, 0.717) is 22.8 Å². The highest BCUT2D eigenvalue weighted by Crippen LogP contribution is 2.26. The van der Waals surface area contributed by atoms with E-state index >= 15 is 0 Å². The molecule has 0 radical (unpaired) electrons. The predicted octanol–water partition coefficient (Wildman–Crippen LogP) is 1.09. The highest BCUT2D eigenvalue weighted by molar-refractivity contribution is 6.54. The molecule has 0 spiro atoms. The van der Waals surface area contributed by atoms with Gasteiger partial charge in [-0.2, -0.15) is 0 Å². The fraction of sp³-hybridized carbons (Fsp3) is 0.429. The van der Waals surface area contributed by atoms with Crippen molar-refractivity contribution in [1.29, 1.82) is 0 Å². The molecule has 0 bridgehead atoms. The van der Waals surface area contributed by atoms with Crippen LogP contribution in [0.15, 0.2) is 22.7 Å². The summed E-state index contributed by atoms with van der Waals surface area (Å²) in [4.78, 5) is 0. The Balaban J connectivity index is 2.80. The van der Waals surface area contributed by atoms with Crippen LogP contribution in [0.2, 0.25) is 0 Å². The zero-order valence-electron chi connectivity index (χ0n) is 6.29. The maximum atomic E-state index is 8.80. The molecule has 1 unspecified atom stereocenters. The number of rotatable bonds is 1. The third kappa shape index (κ3) is 2.09. The summed E-state index contributed by atoms with van der Waals surface area (Å²) in [6.07, 6.45) is 4.28. The van der Waals surface area contributed by atoms with Gasteiger partial charge in [0.2, 0.25) is 0 Å². The van der Waals surface area contributed by atoms with Crippen LogP contribution >= 0.6 is 11.6 Å². The summed E-state index contributed by atoms with van der Waals surface area (Å²) in [5, 5.41) is 18.1. The van der Waals surface area contributed by atoms with E-state index in [0.717, 1.165) is 0 Å². The van der Waals surface area contributed by atoms with E-state index in [1.165, 1.54) is 0 Å². The SMILES string of the molecule is CC1C=CC(B(O)O)=C(Cl)C1. The Kier molecular flexibility index (Phi) is 2.76. The van der Waals surface area contributed by atoms with Crippen LogP contribution in [0.3, 0.4) is 0 Å². The highest BCUT2D eigenvalue weighted by atomic mass is 35.5. The third-order valence-electron chi connectivity index (χ3n) is 1.70. The van der Waals surface area contributed by atoms with Crippen LogP contribution < -0.4 is 0 Å². The highest BCUT2D eigenvalue weighted by Gasteiger charge is 2.20. The van der Waals surface area contributed by atoms with Crippen molar-refractivity contribution in [1.82, 2.24) is 0 Å². The van der Waals surface area contributed by atoms with Crippen molar-refractivity contribution in [2.45, 2.75) is 13.3 Å². The van der Waals surface area contributed by atoms with E-state index in [1.54, 1.807) is 6.08 Å². The Morgan fingerprint density at radius 3 is 2.73 bits per heavy atom. The molecule has 0 heterocycles. The van der Waals surface area contributed by atoms with Crippen molar-refractivity contribution in [2.24, 2.45) is 5.92 Å². The van der Waals surface area contributed by atoms with Gasteiger partial charge < -0.3 is 10.0 Å². The first-order valence-corrected chi connectivity index (χ1v) is 3.92. The molecule has 0 aromatic rings. The molecule has 60 valence electrons. The first kappa shape index (κ1) is 8.85. The Labute approximate surface area is 71.3 Å². The summed E-state index contributed by atoms with van der Waals surface area (Å²) >= 11 is 5.78. The normalized spacial score (nSPS) is 24.2. The third-order valence-corrected chi connectivity index (χ3v) is 2.07. The van der Waals surface area contributed by atoms with Gasteiger partial charge in [0.05, 0.1) is 0 Å². The molecular weight excluding hydrogens is 162 g/mol. The molecule has 1 rings (SSSR count). The topological polar surface area (TPSA) is 40.5 Å². The van der Waals surface area contributed by atoms with Crippen molar-refractivity contribution < 1.29 is 10.0 Å². The zero-order valence-corrected chi connectivity index (χ0v) is 7.04. The Hall–Kier alpha value is -0.245. The summed E-state index contributed by atoms with van der Waals surface area (Å²) in [7, 11) is -1.44. The summed E-state index contributed by atoms with van der Waals surface area (Å²) in [5.74, 6) is 0.394. The monoisotopic (exact) mass is 172 g/mol. The number of hydrogen-bond donors (Lipinski definition) is 2. The Bertz CT molecular complexity index is 210. The average Bonchev–Trinajstić information content (AvgIpc) is 1.85. The Morgan fingerprint density at radius 1 is 1.64 bits per heavy atom. The molecular formula is C7H10BClO2. The maximum absolute atomic E-state index is 8.80. The molecule has 0 aromatic carbocycles. The van der Waals surface area contributed by atoms with Gasteiger partial charge in [-0.3, -0.25) is 0 Å². The number of hydrogen-bond acceptors (Lipinski definition) is 2. The van der Waals surface area contributed by atoms with Gasteiger partial charge in [-0.05, 0) is 17.8 Å². The summed E-state index contributed by atoms with van der Waals surface area (Å²) in [6, 6.07) is 0. The van der Waals surface area contributed by atoms with Gasteiger partial charge in [0, 0.05) is 5.03 Å².